The van der Waals surface area contributed by atoms with Gasteiger partial charge in [-0.15, -0.1) is 0 Å². The number of rotatable bonds is 2. The van der Waals surface area contributed by atoms with Crippen LogP contribution in [0.1, 0.15) is 0 Å². The summed E-state index contributed by atoms with van der Waals surface area (Å²) < 4.78 is 6.50. The van der Waals surface area contributed by atoms with Crippen LogP contribution < -0.4 is 10.5 Å². The first-order valence-electron chi connectivity index (χ1n) is 4.75. The largest absolute Gasteiger partial charge is 0.454 e. The fourth-order valence-corrected chi connectivity index (χ4v) is 2.00. The Balaban J connectivity index is 2.35. The van der Waals surface area contributed by atoms with E-state index in [1.165, 1.54) is 0 Å². The lowest BCUT2D eigenvalue weighted by atomic mass is 10.3. The molecule has 0 spiro atoms. The molecule has 0 bridgehead atoms. The second-order valence-corrected chi connectivity index (χ2v) is 5.04. The van der Waals surface area contributed by atoms with Crippen molar-refractivity contribution in [1.29, 1.82) is 0 Å². The lowest BCUT2D eigenvalue weighted by molar-refractivity contribution is 0.485. The number of ether oxygens (including phenoxy) is 1. The molecule has 2 aromatic rings. The zero-order valence-corrected chi connectivity index (χ0v) is 11.7. The first-order valence-corrected chi connectivity index (χ1v) is 6.29. The van der Waals surface area contributed by atoms with Crippen molar-refractivity contribution in [3.8, 4) is 11.5 Å². The number of nitrogen functional groups attached to an aromatic ring is 1. The van der Waals surface area contributed by atoms with Crippen LogP contribution in [0.3, 0.4) is 0 Å². The van der Waals surface area contributed by atoms with E-state index < -0.39 is 0 Å². The van der Waals surface area contributed by atoms with Gasteiger partial charge in [0.1, 0.15) is 16.5 Å². The van der Waals surface area contributed by atoms with Crippen molar-refractivity contribution in [2.45, 2.75) is 0 Å². The minimum Gasteiger partial charge on any atom is -0.454 e. The van der Waals surface area contributed by atoms with Crippen LogP contribution in [0.2, 0.25) is 10.0 Å². The Hall–Kier alpha value is -0.900. The minimum atomic E-state index is 0.372. The molecule has 2 aromatic carbocycles. The van der Waals surface area contributed by atoms with E-state index in [1.807, 2.05) is 6.07 Å². The maximum absolute atomic E-state index is 6.02. The van der Waals surface area contributed by atoms with Crippen LogP contribution in [0, 0.1) is 0 Å². The van der Waals surface area contributed by atoms with E-state index in [1.54, 1.807) is 30.3 Å². The normalized spacial score (nSPS) is 10.3. The maximum atomic E-state index is 6.02. The molecule has 2 N–H and O–H groups in total. The molecule has 2 rings (SSSR count). The van der Waals surface area contributed by atoms with Crippen LogP contribution in [-0.2, 0) is 0 Å². The van der Waals surface area contributed by atoms with Gasteiger partial charge in [0.2, 0.25) is 0 Å². The molecule has 0 aliphatic rings. The summed E-state index contributed by atoms with van der Waals surface area (Å²) >= 11 is 15.2. The zero-order chi connectivity index (χ0) is 12.4. The first-order chi connectivity index (χ1) is 8.08. The van der Waals surface area contributed by atoms with Crippen molar-refractivity contribution in [3.63, 3.8) is 0 Å². The molecule has 0 unspecified atom stereocenters. The van der Waals surface area contributed by atoms with E-state index in [4.69, 9.17) is 33.7 Å². The summed E-state index contributed by atoms with van der Waals surface area (Å²) in [5.74, 6) is 1.02. The Labute approximate surface area is 117 Å². The van der Waals surface area contributed by atoms with E-state index in [2.05, 4.69) is 15.9 Å². The third-order valence-electron chi connectivity index (χ3n) is 2.11. The Morgan fingerprint density at radius 1 is 1.06 bits per heavy atom. The number of halogens is 3. The Morgan fingerprint density at radius 3 is 2.53 bits per heavy atom. The smallest absolute Gasteiger partial charge is 0.150 e. The minimum absolute atomic E-state index is 0.372. The van der Waals surface area contributed by atoms with Gasteiger partial charge in [-0.25, -0.2) is 0 Å². The Kier molecular flexibility index (Phi) is 3.82. The second-order valence-electron chi connectivity index (χ2n) is 3.34. The number of benzene rings is 2. The second kappa shape index (κ2) is 5.17. The Morgan fingerprint density at radius 2 is 1.82 bits per heavy atom. The molecule has 0 saturated heterocycles. The van der Waals surface area contributed by atoms with Crippen molar-refractivity contribution in [2.24, 2.45) is 0 Å². The fraction of sp³-hybridized carbons (Fsp3) is 0. The quantitative estimate of drug-likeness (QED) is 0.773. The lowest BCUT2D eigenvalue weighted by Gasteiger charge is -2.10. The van der Waals surface area contributed by atoms with E-state index in [0.717, 1.165) is 4.47 Å². The van der Waals surface area contributed by atoms with Gasteiger partial charge in [0.05, 0.1) is 10.7 Å². The van der Waals surface area contributed by atoms with Crippen LogP contribution in [-0.4, -0.2) is 0 Å². The van der Waals surface area contributed by atoms with Crippen molar-refractivity contribution >= 4 is 44.8 Å². The van der Waals surface area contributed by atoms with Gasteiger partial charge in [0.15, 0.2) is 0 Å². The molecule has 17 heavy (non-hydrogen) atoms. The van der Waals surface area contributed by atoms with E-state index in [-0.39, 0.29) is 0 Å². The maximum Gasteiger partial charge on any atom is 0.150 e. The summed E-state index contributed by atoms with van der Waals surface area (Å²) in [6.45, 7) is 0. The molecular formula is C12H8BrCl2NO. The molecule has 0 aromatic heterocycles. The number of hydrogen-bond donors (Lipinski definition) is 1. The highest BCUT2D eigenvalue weighted by molar-refractivity contribution is 9.10. The highest BCUT2D eigenvalue weighted by Crippen LogP contribution is 2.36. The van der Waals surface area contributed by atoms with Crippen LogP contribution in [0.4, 0.5) is 5.69 Å². The van der Waals surface area contributed by atoms with E-state index >= 15 is 0 Å². The predicted molar refractivity (Wildman–Crippen MR) is 75.1 cm³/mol. The summed E-state index contributed by atoms with van der Waals surface area (Å²) in [7, 11) is 0. The Bertz CT molecular complexity index is 560. The van der Waals surface area contributed by atoms with Crippen molar-refractivity contribution in [1.82, 2.24) is 0 Å². The molecular weight excluding hydrogens is 325 g/mol. The lowest BCUT2D eigenvalue weighted by Crippen LogP contribution is -1.92. The topological polar surface area (TPSA) is 35.2 Å². The highest BCUT2D eigenvalue weighted by atomic mass is 79.9. The first kappa shape index (κ1) is 12.6. The number of hydrogen-bond acceptors (Lipinski definition) is 2. The molecule has 0 saturated carbocycles. The number of nitrogens with two attached hydrogens (primary N) is 1. The third-order valence-corrected chi connectivity index (χ3v) is 3.40. The average Bonchev–Trinajstić information content (AvgIpc) is 2.28. The summed E-state index contributed by atoms with van der Waals surface area (Å²) in [4.78, 5) is 0. The van der Waals surface area contributed by atoms with Crippen molar-refractivity contribution in [3.05, 3.63) is 50.9 Å². The SMILES string of the molecule is Nc1cc(Br)ccc1Oc1cccc(Cl)c1Cl. The summed E-state index contributed by atoms with van der Waals surface area (Å²) in [6, 6.07) is 10.5. The van der Waals surface area contributed by atoms with E-state index in [0.29, 0.717) is 27.2 Å². The van der Waals surface area contributed by atoms with Gasteiger partial charge >= 0.3 is 0 Å². The van der Waals surface area contributed by atoms with Crippen molar-refractivity contribution in [2.75, 3.05) is 5.73 Å². The molecule has 0 aliphatic heterocycles. The van der Waals surface area contributed by atoms with Gasteiger partial charge in [0, 0.05) is 4.47 Å². The van der Waals surface area contributed by atoms with Gasteiger partial charge < -0.3 is 10.5 Å². The zero-order valence-electron chi connectivity index (χ0n) is 8.58. The van der Waals surface area contributed by atoms with Gasteiger partial charge in [-0.05, 0) is 30.3 Å². The molecule has 0 aliphatic carbocycles. The van der Waals surface area contributed by atoms with Crippen LogP contribution in [0.5, 0.6) is 11.5 Å². The monoisotopic (exact) mass is 331 g/mol. The van der Waals surface area contributed by atoms with E-state index in [9.17, 15) is 0 Å². The van der Waals surface area contributed by atoms with Gasteiger partial charge in [-0.1, -0.05) is 45.2 Å². The summed E-state index contributed by atoms with van der Waals surface area (Å²) in [6.07, 6.45) is 0. The standard InChI is InChI=1S/C12H8BrCl2NO/c13-7-4-5-10(9(16)6-7)17-11-3-1-2-8(14)12(11)15/h1-6H,16H2. The molecule has 0 fully saturated rings. The third kappa shape index (κ3) is 2.86. The highest BCUT2D eigenvalue weighted by Gasteiger charge is 2.08. The van der Waals surface area contributed by atoms with Gasteiger partial charge in [-0.2, -0.15) is 0 Å². The molecule has 0 radical (unpaired) electrons. The van der Waals surface area contributed by atoms with Gasteiger partial charge in [-0.3, -0.25) is 0 Å². The summed E-state index contributed by atoms with van der Waals surface area (Å²) in [5.41, 5.74) is 6.35. The molecule has 0 atom stereocenters. The molecule has 0 heterocycles. The predicted octanol–water partition coefficient (Wildman–Crippen LogP) is 5.13. The average molecular weight is 333 g/mol. The summed E-state index contributed by atoms with van der Waals surface area (Å²) in [5, 5.41) is 0.816. The van der Waals surface area contributed by atoms with Gasteiger partial charge in [0.25, 0.3) is 0 Å². The van der Waals surface area contributed by atoms with Crippen LogP contribution >= 0.6 is 39.1 Å². The molecule has 5 heteroatoms. The molecule has 0 amide bonds. The fourth-order valence-electron chi connectivity index (χ4n) is 1.29. The molecule has 88 valence electrons. The van der Waals surface area contributed by atoms with Crippen molar-refractivity contribution < 1.29 is 4.74 Å². The molecule has 2 nitrogen and oxygen atoms in total. The van der Waals surface area contributed by atoms with Crippen LogP contribution in [0.15, 0.2) is 40.9 Å². The van der Waals surface area contributed by atoms with Crippen LogP contribution in [0.25, 0.3) is 0 Å². The number of anilines is 1.